The molecule has 5 nitrogen and oxygen atoms in total. The van der Waals surface area contributed by atoms with Crippen LogP contribution in [0.3, 0.4) is 0 Å². The summed E-state index contributed by atoms with van der Waals surface area (Å²) in [6.07, 6.45) is 4.56. The Kier molecular flexibility index (Phi) is 7.14. The summed E-state index contributed by atoms with van der Waals surface area (Å²) in [5.74, 6) is 0.477. The molecule has 2 aromatic rings. The third-order valence-electron chi connectivity index (χ3n) is 6.48. The van der Waals surface area contributed by atoms with Gasteiger partial charge in [0.15, 0.2) is 0 Å². The number of hydrogen-bond acceptors (Lipinski definition) is 3. The van der Waals surface area contributed by atoms with E-state index in [9.17, 15) is 13.2 Å². The monoisotopic (exact) mass is 504 g/mol. The molecule has 31 heavy (non-hydrogen) atoms. The van der Waals surface area contributed by atoms with Gasteiger partial charge in [0.1, 0.15) is 0 Å². The summed E-state index contributed by atoms with van der Waals surface area (Å²) in [6, 6.07) is 17.2. The zero-order valence-corrected chi connectivity index (χ0v) is 20.0. The minimum Gasteiger partial charge on any atom is -0.342 e. The van der Waals surface area contributed by atoms with Gasteiger partial charge in [0.25, 0.3) is 0 Å². The lowest BCUT2D eigenvalue weighted by atomic mass is 9.89. The largest absolute Gasteiger partial charge is 0.342 e. The third-order valence-corrected chi connectivity index (χ3v) is 8.89. The number of benzene rings is 2. The van der Waals surface area contributed by atoms with Gasteiger partial charge in [-0.2, -0.15) is 4.31 Å². The molecule has 0 spiro atoms. The zero-order chi connectivity index (χ0) is 21.8. The zero-order valence-electron chi connectivity index (χ0n) is 17.6. The molecular formula is C24H29BrN2O3S. The molecule has 2 saturated heterocycles. The molecule has 0 unspecified atom stereocenters. The van der Waals surface area contributed by atoms with Crippen molar-refractivity contribution >= 4 is 31.9 Å². The molecular weight excluding hydrogens is 476 g/mol. The van der Waals surface area contributed by atoms with Crippen LogP contribution in [0.2, 0.25) is 0 Å². The second-order valence-corrected chi connectivity index (χ2v) is 11.5. The number of carbonyl (C=O) groups excluding carboxylic acids is 1. The van der Waals surface area contributed by atoms with Gasteiger partial charge in [-0.25, -0.2) is 8.42 Å². The summed E-state index contributed by atoms with van der Waals surface area (Å²) in [5, 5.41) is 0. The van der Waals surface area contributed by atoms with Gasteiger partial charge in [0, 0.05) is 30.7 Å². The minimum atomic E-state index is -3.58. The Bertz CT molecular complexity index is 987. The lowest BCUT2D eigenvalue weighted by molar-refractivity contribution is -0.138. The Morgan fingerprint density at radius 1 is 0.935 bits per heavy atom. The quantitative estimate of drug-likeness (QED) is 0.608. The fourth-order valence-corrected chi connectivity index (χ4v) is 6.47. The first-order valence-corrected chi connectivity index (χ1v) is 13.3. The lowest BCUT2D eigenvalue weighted by Crippen LogP contribution is -2.48. The Morgan fingerprint density at radius 2 is 1.61 bits per heavy atom. The van der Waals surface area contributed by atoms with Crippen LogP contribution in [0.25, 0.3) is 0 Å². The van der Waals surface area contributed by atoms with Gasteiger partial charge in [0.2, 0.25) is 15.9 Å². The summed E-state index contributed by atoms with van der Waals surface area (Å²) in [7, 11) is -3.58. The highest BCUT2D eigenvalue weighted by Crippen LogP contribution is 2.28. The topological polar surface area (TPSA) is 57.7 Å². The predicted molar refractivity (Wildman–Crippen MR) is 125 cm³/mol. The second kappa shape index (κ2) is 9.84. The van der Waals surface area contributed by atoms with Crippen LogP contribution in [0.5, 0.6) is 0 Å². The average molecular weight is 505 g/mol. The molecule has 0 bridgehead atoms. The smallest absolute Gasteiger partial charge is 0.243 e. The van der Waals surface area contributed by atoms with Gasteiger partial charge in [0.05, 0.1) is 10.8 Å². The van der Waals surface area contributed by atoms with Gasteiger partial charge in [-0.15, -0.1) is 0 Å². The molecule has 2 aromatic carbocycles. The van der Waals surface area contributed by atoms with E-state index in [0.717, 1.165) is 49.7 Å². The Hall–Kier alpha value is -1.70. The number of carbonyl (C=O) groups is 1. The minimum absolute atomic E-state index is 0.119. The highest BCUT2D eigenvalue weighted by Gasteiger charge is 2.36. The summed E-state index contributed by atoms with van der Waals surface area (Å²) in [5.41, 5.74) is 1.35. The number of sulfonamides is 1. The van der Waals surface area contributed by atoms with E-state index in [4.69, 9.17) is 0 Å². The van der Waals surface area contributed by atoms with Crippen molar-refractivity contribution in [2.24, 2.45) is 11.8 Å². The van der Waals surface area contributed by atoms with E-state index >= 15 is 0 Å². The van der Waals surface area contributed by atoms with Crippen molar-refractivity contribution in [3.8, 4) is 0 Å². The van der Waals surface area contributed by atoms with Crippen molar-refractivity contribution < 1.29 is 13.2 Å². The molecule has 0 aliphatic carbocycles. The summed E-state index contributed by atoms with van der Waals surface area (Å²) in [6.45, 7) is 2.29. The van der Waals surface area contributed by atoms with Crippen LogP contribution in [-0.2, 0) is 21.2 Å². The second-order valence-electron chi connectivity index (χ2n) is 8.61. The number of halogens is 1. The average Bonchev–Trinajstić information content (AvgIpc) is 2.80. The lowest BCUT2D eigenvalue weighted by Gasteiger charge is -2.37. The SMILES string of the molecule is O=C([C@@H]1CCCN(S(=O)(=O)c2ccc(Br)cc2)C1)N1CCC(Cc2ccccc2)CC1. The number of hydrogen-bond donors (Lipinski definition) is 0. The van der Waals surface area contributed by atoms with Crippen LogP contribution < -0.4 is 0 Å². The molecule has 2 heterocycles. The number of likely N-dealkylation sites (tertiary alicyclic amines) is 1. The third kappa shape index (κ3) is 5.38. The van der Waals surface area contributed by atoms with Crippen molar-refractivity contribution in [1.82, 2.24) is 9.21 Å². The molecule has 0 N–H and O–H groups in total. The van der Waals surface area contributed by atoms with Crippen molar-refractivity contribution in [3.05, 3.63) is 64.6 Å². The maximum Gasteiger partial charge on any atom is 0.243 e. The summed E-state index contributed by atoms with van der Waals surface area (Å²) in [4.78, 5) is 15.4. The number of amides is 1. The Morgan fingerprint density at radius 3 is 2.29 bits per heavy atom. The molecule has 166 valence electrons. The molecule has 0 radical (unpaired) electrons. The first kappa shape index (κ1) is 22.5. The molecule has 0 aromatic heterocycles. The van der Waals surface area contributed by atoms with Crippen LogP contribution in [0.1, 0.15) is 31.2 Å². The van der Waals surface area contributed by atoms with E-state index < -0.39 is 10.0 Å². The molecule has 1 atom stereocenters. The van der Waals surface area contributed by atoms with E-state index in [-0.39, 0.29) is 23.3 Å². The summed E-state index contributed by atoms with van der Waals surface area (Å²) >= 11 is 3.34. The van der Waals surface area contributed by atoms with Crippen molar-refractivity contribution in [2.75, 3.05) is 26.2 Å². The van der Waals surface area contributed by atoms with Crippen molar-refractivity contribution in [1.29, 1.82) is 0 Å². The van der Waals surface area contributed by atoms with Gasteiger partial charge in [-0.1, -0.05) is 46.3 Å². The van der Waals surface area contributed by atoms with E-state index in [2.05, 4.69) is 40.2 Å². The normalized spacial score (nSPS) is 21.2. The van der Waals surface area contributed by atoms with Crippen molar-refractivity contribution in [2.45, 2.75) is 37.0 Å². The molecule has 1 amide bonds. The van der Waals surface area contributed by atoms with E-state index in [0.29, 0.717) is 12.5 Å². The molecule has 2 aliphatic heterocycles. The van der Waals surface area contributed by atoms with E-state index in [1.54, 1.807) is 24.3 Å². The maximum absolute atomic E-state index is 13.2. The van der Waals surface area contributed by atoms with Crippen LogP contribution in [0, 0.1) is 11.8 Å². The predicted octanol–water partition coefficient (Wildman–Crippen LogP) is 4.33. The van der Waals surface area contributed by atoms with E-state index in [1.807, 2.05) is 11.0 Å². The van der Waals surface area contributed by atoms with E-state index in [1.165, 1.54) is 9.87 Å². The van der Waals surface area contributed by atoms with Gasteiger partial charge in [-0.05, 0) is 67.9 Å². The highest BCUT2D eigenvalue weighted by molar-refractivity contribution is 9.10. The van der Waals surface area contributed by atoms with Gasteiger partial charge >= 0.3 is 0 Å². The standard InChI is InChI=1S/C24H29BrN2O3S/c25-22-8-10-23(11-9-22)31(29,30)27-14-4-7-21(18-27)24(28)26-15-12-20(13-16-26)17-19-5-2-1-3-6-19/h1-3,5-6,8-11,20-21H,4,7,12-18H2/t21-/m1/s1. The van der Waals surface area contributed by atoms with Crippen LogP contribution >= 0.6 is 15.9 Å². The fourth-order valence-electron chi connectivity index (χ4n) is 4.68. The van der Waals surface area contributed by atoms with Gasteiger partial charge < -0.3 is 4.90 Å². The Labute approximate surface area is 193 Å². The first-order valence-electron chi connectivity index (χ1n) is 11.0. The molecule has 2 fully saturated rings. The van der Waals surface area contributed by atoms with Gasteiger partial charge in [-0.3, -0.25) is 4.79 Å². The molecule has 4 rings (SSSR count). The highest BCUT2D eigenvalue weighted by atomic mass is 79.9. The Balaban J connectivity index is 1.34. The van der Waals surface area contributed by atoms with Crippen LogP contribution in [0.15, 0.2) is 64.0 Å². The molecule has 0 saturated carbocycles. The number of rotatable bonds is 5. The number of nitrogens with zero attached hydrogens (tertiary/aromatic N) is 2. The maximum atomic E-state index is 13.2. The van der Waals surface area contributed by atoms with Crippen molar-refractivity contribution in [3.63, 3.8) is 0 Å². The van der Waals surface area contributed by atoms with Crippen LogP contribution in [0.4, 0.5) is 0 Å². The first-order chi connectivity index (χ1) is 14.9. The fraction of sp³-hybridized carbons (Fsp3) is 0.458. The number of piperidine rings is 2. The molecule has 7 heteroatoms. The molecule has 2 aliphatic rings. The van der Waals surface area contributed by atoms with Crippen LogP contribution in [-0.4, -0.2) is 49.7 Å². The summed E-state index contributed by atoms with van der Waals surface area (Å²) < 4.78 is 28.4.